The molecule has 2 atom stereocenters. The summed E-state index contributed by atoms with van der Waals surface area (Å²) in [7, 11) is -2.12. The van der Waals surface area contributed by atoms with E-state index in [1.165, 1.54) is 9.80 Å². The van der Waals surface area contributed by atoms with Crippen LogP contribution in [0, 0.1) is 0 Å². The largest absolute Gasteiger partial charge is 0.496 e. The number of anilines is 2. The number of nitrogens with zero attached hydrogens (tertiary/aromatic N) is 2. The zero-order valence-electron chi connectivity index (χ0n) is 24.0. The van der Waals surface area contributed by atoms with Gasteiger partial charge in [-0.15, -0.1) is 0 Å². The highest BCUT2D eigenvalue weighted by Crippen LogP contribution is 2.38. The molecule has 0 spiro atoms. The Bertz CT molecular complexity index is 1610. The normalized spacial score (nSPS) is 16.1. The number of hydrogen-bond acceptors (Lipinski definition) is 7. The van der Waals surface area contributed by atoms with E-state index in [0.717, 1.165) is 27.1 Å². The molecule has 0 aliphatic carbocycles. The van der Waals surface area contributed by atoms with Gasteiger partial charge in [0.05, 0.1) is 37.6 Å². The van der Waals surface area contributed by atoms with Gasteiger partial charge in [-0.05, 0) is 54.1 Å². The summed E-state index contributed by atoms with van der Waals surface area (Å²) >= 11 is 3.60. The van der Waals surface area contributed by atoms with Gasteiger partial charge in [0, 0.05) is 16.3 Å². The molecule has 42 heavy (non-hydrogen) atoms. The van der Waals surface area contributed by atoms with E-state index in [2.05, 4.69) is 26.6 Å². The third kappa shape index (κ3) is 6.77. The Morgan fingerprint density at radius 2 is 1.76 bits per heavy atom. The number of likely N-dealkylation sites (N-methyl/N-ethyl adjacent to an activating group) is 1. The summed E-state index contributed by atoms with van der Waals surface area (Å²) in [6.45, 7) is 4.13. The molecule has 3 aromatic carbocycles. The number of hydrogen-bond donors (Lipinski definition) is 2. The van der Waals surface area contributed by atoms with Crippen molar-refractivity contribution in [2.45, 2.75) is 38.9 Å². The fourth-order valence-electron chi connectivity index (χ4n) is 5.21. The first-order valence-electron chi connectivity index (χ1n) is 13.6. The minimum absolute atomic E-state index is 0.0672. The molecule has 0 unspecified atom stereocenters. The van der Waals surface area contributed by atoms with Gasteiger partial charge in [-0.2, -0.15) is 0 Å². The second-order valence-corrected chi connectivity index (χ2v) is 13.1. The van der Waals surface area contributed by atoms with E-state index in [-0.39, 0.29) is 19.0 Å². The maximum Gasteiger partial charge on any atom is 0.251 e. The molecular formula is C30H35BrN4O6S. The van der Waals surface area contributed by atoms with Crippen LogP contribution in [0.25, 0.3) is 10.8 Å². The molecule has 10 nitrogen and oxygen atoms in total. The highest BCUT2D eigenvalue weighted by molar-refractivity contribution is 9.10. The summed E-state index contributed by atoms with van der Waals surface area (Å²) in [5.74, 6) is -1.68. The second kappa shape index (κ2) is 13.2. The van der Waals surface area contributed by atoms with Crippen molar-refractivity contribution >= 4 is 65.6 Å². The van der Waals surface area contributed by atoms with Crippen molar-refractivity contribution in [3.63, 3.8) is 0 Å². The molecule has 4 rings (SSSR count). The molecule has 0 saturated carbocycles. The molecule has 0 fully saturated rings. The summed E-state index contributed by atoms with van der Waals surface area (Å²) in [5, 5.41) is 7.74. The first kappa shape index (κ1) is 31.5. The van der Waals surface area contributed by atoms with E-state index in [4.69, 9.17) is 4.74 Å². The first-order chi connectivity index (χ1) is 20.0. The highest BCUT2D eigenvalue weighted by Gasteiger charge is 2.38. The van der Waals surface area contributed by atoms with Crippen molar-refractivity contribution in [3.05, 3.63) is 64.6 Å². The predicted molar refractivity (Wildman–Crippen MR) is 168 cm³/mol. The molecule has 0 radical (unpaired) electrons. The van der Waals surface area contributed by atoms with Crippen molar-refractivity contribution in [1.29, 1.82) is 0 Å². The van der Waals surface area contributed by atoms with Crippen LogP contribution in [0.1, 0.15) is 25.8 Å². The minimum atomic E-state index is -3.67. The Kier molecular flexibility index (Phi) is 9.90. The van der Waals surface area contributed by atoms with E-state index in [1.807, 2.05) is 44.2 Å². The topological polar surface area (TPSA) is 125 Å². The van der Waals surface area contributed by atoms with Gasteiger partial charge < -0.3 is 25.2 Å². The van der Waals surface area contributed by atoms with E-state index in [1.54, 1.807) is 31.4 Å². The number of ether oxygens (including phenoxy) is 1. The second-order valence-electron chi connectivity index (χ2n) is 10.1. The Hall–Kier alpha value is -3.48. The number of methoxy groups -OCH3 is 1. The van der Waals surface area contributed by atoms with Crippen LogP contribution in [0.4, 0.5) is 11.4 Å². The smallest absolute Gasteiger partial charge is 0.251 e. The number of carbonyl (C=O) groups excluding carboxylic acids is 3. The summed E-state index contributed by atoms with van der Waals surface area (Å²) in [6.07, 6.45) is 1.47. The monoisotopic (exact) mass is 658 g/mol. The third-order valence-corrected chi connectivity index (χ3v) is 8.65. The van der Waals surface area contributed by atoms with Gasteiger partial charge >= 0.3 is 0 Å². The van der Waals surface area contributed by atoms with Gasteiger partial charge in [0.25, 0.3) is 5.91 Å². The lowest BCUT2D eigenvalue weighted by molar-refractivity contribution is -0.129. The number of halogens is 1. The molecule has 1 aliphatic heterocycles. The number of rotatable bonds is 10. The van der Waals surface area contributed by atoms with E-state index in [9.17, 15) is 22.8 Å². The van der Waals surface area contributed by atoms with Gasteiger partial charge in [0.2, 0.25) is 11.8 Å². The van der Waals surface area contributed by atoms with E-state index in [0.29, 0.717) is 30.1 Å². The Balaban J connectivity index is 1.87. The maximum atomic E-state index is 14.4. The number of fused-ring (bicyclic) bond motifs is 2. The summed E-state index contributed by atoms with van der Waals surface area (Å²) in [6, 6.07) is 14.7. The van der Waals surface area contributed by atoms with Crippen LogP contribution in [0.5, 0.6) is 5.75 Å². The number of para-hydroxylation sites is 2. The molecule has 0 aromatic heterocycles. The fraction of sp³-hybridized carbons (Fsp3) is 0.367. The average Bonchev–Trinajstić information content (AvgIpc) is 3.06. The molecule has 224 valence electrons. The van der Waals surface area contributed by atoms with Crippen LogP contribution in [-0.4, -0.2) is 70.4 Å². The molecule has 0 bridgehead atoms. The van der Waals surface area contributed by atoms with Gasteiger partial charge in [-0.1, -0.05) is 54.0 Å². The molecule has 0 saturated heterocycles. The zero-order chi connectivity index (χ0) is 30.6. The van der Waals surface area contributed by atoms with Crippen LogP contribution in [0.2, 0.25) is 0 Å². The van der Waals surface area contributed by atoms with Crippen LogP contribution >= 0.6 is 15.9 Å². The molecule has 3 amide bonds. The highest BCUT2D eigenvalue weighted by atomic mass is 79.9. The maximum absolute atomic E-state index is 14.4. The standard InChI is InChI=1S/C30H35BrN4O6S/c1-5-23(32-6-2)29(37)33-24-17-34(28(36)18-42(4,39)40)25-12-7-8-13-26(25)35(30(24)38)16-21-19-10-9-11-22(31)20(19)14-15-27(21)41-3/h7-15,23-24,32H,5-6,16-18H2,1-4H3,(H,33,37)/t23-,24-/m0/s1. The van der Waals surface area contributed by atoms with Gasteiger partial charge in [-0.25, -0.2) is 8.42 Å². The lowest BCUT2D eigenvalue weighted by atomic mass is 10.0. The van der Waals surface area contributed by atoms with Gasteiger partial charge in [-0.3, -0.25) is 14.4 Å². The van der Waals surface area contributed by atoms with Crippen molar-refractivity contribution in [3.8, 4) is 5.75 Å². The Morgan fingerprint density at radius 1 is 1.05 bits per heavy atom. The molecule has 2 N–H and O–H groups in total. The number of carbonyl (C=O) groups is 3. The molecule has 12 heteroatoms. The van der Waals surface area contributed by atoms with Crippen LogP contribution in [0.15, 0.2) is 59.1 Å². The number of nitrogens with one attached hydrogen (secondary N) is 2. The zero-order valence-corrected chi connectivity index (χ0v) is 26.4. The number of sulfone groups is 1. The third-order valence-electron chi connectivity index (χ3n) is 7.18. The molecule has 1 aliphatic rings. The Labute approximate surface area is 254 Å². The summed E-state index contributed by atoms with van der Waals surface area (Å²) in [5.41, 5.74) is 1.52. The summed E-state index contributed by atoms with van der Waals surface area (Å²) in [4.78, 5) is 43.8. The van der Waals surface area contributed by atoms with Crippen LogP contribution < -0.4 is 25.2 Å². The van der Waals surface area contributed by atoms with Gasteiger partial charge in [0.1, 0.15) is 17.5 Å². The van der Waals surface area contributed by atoms with Crippen LogP contribution in [0.3, 0.4) is 0 Å². The van der Waals surface area contributed by atoms with Crippen LogP contribution in [-0.2, 0) is 30.8 Å². The van der Waals surface area contributed by atoms with E-state index < -0.39 is 39.5 Å². The lowest BCUT2D eigenvalue weighted by Gasteiger charge is -2.28. The average molecular weight is 660 g/mol. The quantitative estimate of drug-likeness (QED) is 0.342. The molecule has 3 aromatic rings. The predicted octanol–water partition coefficient (Wildman–Crippen LogP) is 3.41. The van der Waals surface area contributed by atoms with Gasteiger partial charge in [0.15, 0.2) is 9.84 Å². The van der Waals surface area contributed by atoms with E-state index >= 15 is 0 Å². The molecule has 1 heterocycles. The minimum Gasteiger partial charge on any atom is -0.496 e. The number of amides is 3. The Morgan fingerprint density at radius 3 is 2.40 bits per heavy atom. The summed E-state index contributed by atoms with van der Waals surface area (Å²) < 4.78 is 30.8. The first-order valence-corrected chi connectivity index (χ1v) is 16.5. The van der Waals surface area contributed by atoms with Crippen molar-refractivity contribution in [2.24, 2.45) is 0 Å². The van der Waals surface area contributed by atoms with Crippen molar-refractivity contribution < 1.29 is 27.5 Å². The SMILES string of the molecule is CCN[C@@H](CC)C(=O)N[C@H]1CN(C(=O)CS(C)(=O)=O)c2ccccc2N(Cc2c(OC)ccc3c(Br)cccc23)C1=O. The fourth-order valence-corrected chi connectivity index (χ4v) is 6.31. The van der Waals surface area contributed by atoms with Crippen molar-refractivity contribution in [2.75, 3.05) is 42.0 Å². The number of benzene rings is 3. The van der Waals surface area contributed by atoms with Crippen molar-refractivity contribution in [1.82, 2.24) is 10.6 Å². The lowest BCUT2D eigenvalue weighted by Crippen LogP contribution is -2.56. The molecular weight excluding hydrogens is 624 g/mol.